The maximum Gasteiger partial charge on any atom is 0.220 e. The van der Waals surface area contributed by atoms with Crippen LogP contribution in [0.1, 0.15) is 87.5 Å². The van der Waals surface area contributed by atoms with Crippen molar-refractivity contribution in [3.63, 3.8) is 0 Å². The first kappa shape index (κ1) is 30.9. The van der Waals surface area contributed by atoms with E-state index in [-0.39, 0.29) is 17.6 Å². The molecule has 31 heavy (non-hydrogen) atoms. The number of allylic oxidation sites excluding steroid dienone is 9. The van der Waals surface area contributed by atoms with Crippen LogP contribution in [0.3, 0.4) is 0 Å². The van der Waals surface area contributed by atoms with Gasteiger partial charge < -0.3 is 10.4 Å². The number of amides is 1. The predicted octanol–water partition coefficient (Wildman–Crippen LogP) is 8.15. The maximum atomic E-state index is 12.2. The fourth-order valence-electron chi connectivity index (χ4n) is 3.77. The number of carbonyl (C=O) groups excluding carboxylic acids is 1. The Morgan fingerprint density at radius 2 is 1.65 bits per heavy atom. The van der Waals surface area contributed by atoms with Crippen LogP contribution in [-0.2, 0) is 4.79 Å². The fourth-order valence-corrected chi connectivity index (χ4v) is 3.77. The third-order valence-corrected chi connectivity index (χ3v) is 5.34. The molecule has 0 spiro atoms. The highest BCUT2D eigenvalue weighted by atomic mass is 16.3. The molecule has 0 aliphatic carbocycles. The van der Waals surface area contributed by atoms with Gasteiger partial charge in [-0.25, -0.2) is 0 Å². The summed E-state index contributed by atoms with van der Waals surface area (Å²) in [4.78, 5) is 12.2. The van der Waals surface area contributed by atoms with E-state index in [1.54, 1.807) is 13.0 Å². The van der Waals surface area contributed by atoms with Gasteiger partial charge in [0.15, 0.2) is 0 Å². The normalized spacial score (nSPS) is 13.7. The Balaban J connectivity index is 0. The van der Waals surface area contributed by atoms with Gasteiger partial charge in [-0.05, 0) is 96.8 Å². The quantitative estimate of drug-likeness (QED) is 0.187. The zero-order valence-corrected chi connectivity index (χ0v) is 21.5. The first-order valence-corrected chi connectivity index (χ1v) is 11.4. The maximum absolute atomic E-state index is 12.2. The molecule has 3 nitrogen and oxygen atoms in total. The zero-order valence-electron chi connectivity index (χ0n) is 21.5. The molecule has 0 aromatic carbocycles. The van der Waals surface area contributed by atoms with Crippen molar-refractivity contribution < 1.29 is 9.90 Å². The number of hydrogen-bond acceptors (Lipinski definition) is 2. The lowest BCUT2D eigenvalue weighted by atomic mass is 9.84. The lowest BCUT2D eigenvalue weighted by Gasteiger charge is -2.22. The van der Waals surface area contributed by atoms with Crippen molar-refractivity contribution in [1.29, 1.82) is 0 Å². The van der Waals surface area contributed by atoms with E-state index < -0.39 is 0 Å². The number of aliphatic hydroxyl groups excluding tert-OH is 1. The molecule has 0 fully saturated rings. The third kappa shape index (κ3) is 12.2. The van der Waals surface area contributed by atoms with E-state index in [2.05, 4.69) is 58.8 Å². The summed E-state index contributed by atoms with van der Waals surface area (Å²) in [5, 5.41) is 13.0. The molecule has 1 atom stereocenters. The zero-order chi connectivity index (χ0) is 24.6. The standard InChI is InChI=1S/C25H41NO2.C3H6/c1-10-18(6)23(11-2)20(8)19(7)14-13-15-22(16-24(28)26-12-3)25(17(4)5)21(9)27;1-3-2/h10,22,27H,4,7,11-16H2,1-3,5-6,8-9H3,(H,26,28);3H,1H2,2H3/b18-10-,23-20-,25-21-;. The van der Waals surface area contributed by atoms with Crippen LogP contribution < -0.4 is 5.32 Å². The average Bonchev–Trinajstić information content (AvgIpc) is 2.68. The molecule has 0 rings (SSSR count). The molecule has 1 amide bonds. The highest BCUT2D eigenvalue weighted by Crippen LogP contribution is 2.31. The van der Waals surface area contributed by atoms with E-state index in [1.807, 2.05) is 20.8 Å². The van der Waals surface area contributed by atoms with Crippen LogP contribution >= 0.6 is 0 Å². The van der Waals surface area contributed by atoms with Gasteiger partial charge >= 0.3 is 0 Å². The topological polar surface area (TPSA) is 49.3 Å². The van der Waals surface area contributed by atoms with Gasteiger partial charge in [0.05, 0.1) is 5.76 Å². The molecule has 3 heteroatoms. The minimum absolute atomic E-state index is 0.0133. The molecule has 0 bridgehead atoms. The van der Waals surface area contributed by atoms with E-state index in [9.17, 15) is 9.90 Å². The highest BCUT2D eigenvalue weighted by molar-refractivity contribution is 5.76. The van der Waals surface area contributed by atoms with Gasteiger partial charge in [-0.2, -0.15) is 0 Å². The molecule has 0 aromatic rings. The van der Waals surface area contributed by atoms with Crippen molar-refractivity contribution in [3.05, 3.63) is 71.1 Å². The molecule has 0 aromatic heterocycles. The number of carbonyl (C=O) groups is 1. The van der Waals surface area contributed by atoms with Gasteiger partial charge in [0, 0.05) is 13.0 Å². The molecule has 0 saturated heterocycles. The summed E-state index contributed by atoms with van der Waals surface area (Å²) < 4.78 is 0. The smallest absolute Gasteiger partial charge is 0.220 e. The highest BCUT2D eigenvalue weighted by Gasteiger charge is 2.21. The van der Waals surface area contributed by atoms with E-state index in [4.69, 9.17) is 0 Å². The summed E-state index contributed by atoms with van der Waals surface area (Å²) in [6.07, 6.45) is 7.86. The minimum atomic E-state index is -0.0333. The van der Waals surface area contributed by atoms with Crippen molar-refractivity contribution in [2.24, 2.45) is 5.92 Å². The Morgan fingerprint density at radius 3 is 2.03 bits per heavy atom. The van der Waals surface area contributed by atoms with Crippen molar-refractivity contribution in [3.8, 4) is 0 Å². The molecule has 1 unspecified atom stereocenters. The van der Waals surface area contributed by atoms with Crippen molar-refractivity contribution >= 4 is 5.91 Å². The average molecular weight is 430 g/mol. The molecule has 0 aliphatic rings. The molecule has 0 radical (unpaired) electrons. The summed E-state index contributed by atoms with van der Waals surface area (Å²) in [7, 11) is 0. The molecule has 0 saturated carbocycles. The van der Waals surface area contributed by atoms with Crippen LogP contribution in [0.15, 0.2) is 71.1 Å². The first-order chi connectivity index (χ1) is 14.5. The van der Waals surface area contributed by atoms with Gasteiger partial charge in [0.1, 0.15) is 0 Å². The number of aliphatic hydroxyl groups is 1. The van der Waals surface area contributed by atoms with Crippen LogP contribution in [0.25, 0.3) is 0 Å². The molecular weight excluding hydrogens is 382 g/mol. The van der Waals surface area contributed by atoms with E-state index >= 15 is 0 Å². The van der Waals surface area contributed by atoms with E-state index in [1.165, 1.54) is 16.7 Å². The first-order valence-electron chi connectivity index (χ1n) is 11.4. The molecule has 0 aliphatic heterocycles. The van der Waals surface area contributed by atoms with E-state index in [0.717, 1.165) is 42.4 Å². The van der Waals surface area contributed by atoms with Gasteiger partial charge in [-0.15, -0.1) is 6.58 Å². The fraction of sp³-hybridized carbons (Fsp3) is 0.536. The largest absolute Gasteiger partial charge is 0.512 e. The second-order valence-electron chi connectivity index (χ2n) is 7.97. The number of hydrogen-bond donors (Lipinski definition) is 2. The van der Waals surface area contributed by atoms with Crippen LogP contribution in [0, 0.1) is 5.92 Å². The van der Waals surface area contributed by atoms with Gasteiger partial charge in [-0.1, -0.05) is 49.0 Å². The van der Waals surface area contributed by atoms with Crippen LogP contribution in [-0.4, -0.2) is 17.6 Å². The van der Waals surface area contributed by atoms with E-state index in [0.29, 0.717) is 13.0 Å². The second-order valence-corrected chi connectivity index (χ2v) is 7.97. The Bertz CT molecular complexity index is 701. The lowest BCUT2D eigenvalue weighted by Crippen LogP contribution is -2.26. The Morgan fingerprint density at radius 1 is 1.10 bits per heavy atom. The van der Waals surface area contributed by atoms with Crippen molar-refractivity contribution in [1.82, 2.24) is 5.32 Å². The summed E-state index contributed by atoms with van der Waals surface area (Å²) in [5.41, 5.74) is 6.71. The lowest BCUT2D eigenvalue weighted by molar-refractivity contribution is -0.121. The summed E-state index contributed by atoms with van der Waals surface area (Å²) >= 11 is 0. The monoisotopic (exact) mass is 429 g/mol. The van der Waals surface area contributed by atoms with Gasteiger partial charge in [-0.3, -0.25) is 4.79 Å². The van der Waals surface area contributed by atoms with Crippen molar-refractivity contribution in [2.45, 2.75) is 87.5 Å². The summed E-state index contributed by atoms with van der Waals surface area (Å²) in [5.74, 6) is 0.238. The Labute approximate surface area is 192 Å². The predicted molar refractivity (Wildman–Crippen MR) is 138 cm³/mol. The van der Waals surface area contributed by atoms with Crippen LogP contribution in [0.2, 0.25) is 0 Å². The second kappa shape index (κ2) is 17.4. The van der Waals surface area contributed by atoms with Crippen LogP contribution in [0.4, 0.5) is 0 Å². The summed E-state index contributed by atoms with van der Waals surface area (Å²) in [6.45, 7) is 28.2. The minimum Gasteiger partial charge on any atom is -0.512 e. The Hall–Kier alpha value is -2.29. The van der Waals surface area contributed by atoms with Crippen LogP contribution in [0.5, 0.6) is 0 Å². The number of rotatable bonds is 12. The van der Waals surface area contributed by atoms with Gasteiger partial charge in [0.25, 0.3) is 0 Å². The summed E-state index contributed by atoms with van der Waals surface area (Å²) in [6, 6.07) is 0. The van der Waals surface area contributed by atoms with Crippen molar-refractivity contribution in [2.75, 3.05) is 6.54 Å². The van der Waals surface area contributed by atoms with Gasteiger partial charge in [0.2, 0.25) is 5.91 Å². The molecule has 2 N–H and O–H groups in total. The Kier molecular flexibility index (Phi) is 17.3. The molecule has 0 heterocycles. The SMILES string of the molecule is C=C(CCCC(CC(=O)NCC)/C(C(=C)C)=C(/C)O)/C(C)=C(CC)\C(C)=C/C.C=CC. The molecule has 176 valence electrons. The third-order valence-electron chi connectivity index (χ3n) is 5.34. The number of nitrogens with one attached hydrogen (secondary N) is 1. The molecular formula is C28H47NO2.